The van der Waals surface area contributed by atoms with Gasteiger partial charge >= 0.3 is 0 Å². The van der Waals surface area contributed by atoms with E-state index in [1.54, 1.807) is 18.2 Å². The fraction of sp³-hybridized carbons (Fsp3) is 0.536. The lowest BCUT2D eigenvalue weighted by Crippen LogP contribution is -2.44. The van der Waals surface area contributed by atoms with Gasteiger partial charge in [-0.25, -0.2) is 8.78 Å². The summed E-state index contributed by atoms with van der Waals surface area (Å²) in [6, 6.07) is 10.5. The molecule has 1 fully saturated rings. The third-order valence-electron chi connectivity index (χ3n) is 6.94. The number of ether oxygens (including phenoxy) is 1. The number of aliphatic hydroxyl groups is 2. The monoisotopic (exact) mass is 569 g/mol. The van der Waals surface area contributed by atoms with E-state index in [-0.39, 0.29) is 41.0 Å². The Morgan fingerprint density at radius 2 is 1.95 bits per heavy atom. The molecule has 1 heterocycles. The molecule has 2 aromatic rings. The van der Waals surface area contributed by atoms with Gasteiger partial charge in [0.25, 0.3) is 0 Å². The van der Waals surface area contributed by atoms with Crippen LogP contribution in [0.2, 0.25) is 10.0 Å². The van der Waals surface area contributed by atoms with Crippen LogP contribution >= 0.6 is 23.2 Å². The number of nitrogens with one attached hydrogen (secondary N) is 2. The zero-order chi connectivity index (χ0) is 28.1. The quantitative estimate of drug-likeness (QED) is 0.227. The van der Waals surface area contributed by atoms with E-state index in [1.807, 2.05) is 20.8 Å². The second-order valence-corrected chi connectivity index (χ2v) is 11.8. The van der Waals surface area contributed by atoms with Gasteiger partial charge in [0.1, 0.15) is 17.0 Å². The minimum absolute atomic E-state index is 0.0667. The van der Waals surface area contributed by atoms with Crippen LogP contribution in [0.5, 0.6) is 0 Å². The lowest BCUT2D eigenvalue weighted by Gasteiger charge is -2.37. The van der Waals surface area contributed by atoms with E-state index in [4.69, 9.17) is 33.0 Å². The number of hydrogen-bond acceptors (Lipinski definition) is 6. The van der Waals surface area contributed by atoms with Crippen molar-refractivity contribution in [3.05, 3.63) is 69.2 Å². The highest BCUT2D eigenvalue weighted by atomic mass is 35.5. The standard InChI is InChI=1S/C28H35Cl2F2N3O3/c1-27(2,3)12-24-28(15-33,17-7-8-20(29)22(31)11-17)25(19-5-4-6-21(30)26(19)32)23(35-24)14-38-16-34-10-9-18(37)13-36/h4-8,11,18,23-25,34-37H,9-10,12-14,16H2,1-3H3/t18-,23-,24-,25-,28-/m0/s1. The Kier molecular flexibility index (Phi) is 10.5. The predicted octanol–water partition coefficient (Wildman–Crippen LogP) is 4.90. The highest BCUT2D eigenvalue weighted by Gasteiger charge is 2.58. The molecule has 38 heavy (non-hydrogen) atoms. The molecule has 10 heteroatoms. The fourth-order valence-corrected chi connectivity index (χ4v) is 5.56. The number of aliphatic hydroxyl groups excluding tert-OH is 2. The molecule has 5 atom stereocenters. The number of nitriles is 1. The summed E-state index contributed by atoms with van der Waals surface area (Å²) in [7, 11) is 0. The summed E-state index contributed by atoms with van der Waals surface area (Å²) in [5, 5.41) is 35.7. The van der Waals surface area contributed by atoms with E-state index in [0.717, 1.165) is 0 Å². The number of halogens is 4. The summed E-state index contributed by atoms with van der Waals surface area (Å²) in [4.78, 5) is 0. The molecule has 208 valence electrons. The molecule has 0 radical (unpaired) electrons. The highest BCUT2D eigenvalue weighted by molar-refractivity contribution is 6.31. The minimum atomic E-state index is -1.36. The topological polar surface area (TPSA) is 97.5 Å². The average Bonchev–Trinajstić information content (AvgIpc) is 3.16. The zero-order valence-electron chi connectivity index (χ0n) is 21.8. The predicted molar refractivity (Wildman–Crippen MR) is 144 cm³/mol. The van der Waals surface area contributed by atoms with Gasteiger partial charge in [-0.3, -0.25) is 5.32 Å². The average molecular weight is 571 g/mol. The van der Waals surface area contributed by atoms with Crippen LogP contribution in [0.15, 0.2) is 36.4 Å². The van der Waals surface area contributed by atoms with Crippen molar-refractivity contribution in [2.45, 2.75) is 63.1 Å². The Bertz CT molecular complexity index is 1140. The van der Waals surface area contributed by atoms with E-state index in [1.165, 1.54) is 18.2 Å². The normalized spacial score (nSPS) is 24.4. The Morgan fingerprint density at radius 1 is 1.21 bits per heavy atom. The maximum atomic E-state index is 15.6. The zero-order valence-corrected chi connectivity index (χ0v) is 23.3. The van der Waals surface area contributed by atoms with E-state index in [0.29, 0.717) is 24.9 Å². The Hall–Kier alpha value is -1.83. The second kappa shape index (κ2) is 13.0. The van der Waals surface area contributed by atoms with Crippen molar-refractivity contribution in [1.82, 2.24) is 10.6 Å². The number of rotatable bonds is 11. The summed E-state index contributed by atoms with van der Waals surface area (Å²) < 4.78 is 36.2. The number of nitrogens with zero attached hydrogens (tertiary/aromatic N) is 1. The molecule has 2 aromatic carbocycles. The van der Waals surface area contributed by atoms with Crippen molar-refractivity contribution in [2.75, 3.05) is 26.5 Å². The molecule has 0 aliphatic carbocycles. The van der Waals surface area contributed by atoms with Gasteiger partial charge in [-0.15, -0.1) is 0 Å². The van der Waals surface area contributed by atoms with E-state index in [9.17, 15) is 14.8 Å². The van der Waals surface area contributed by atoms with Crippen molar-refractivity contribution >= 4 is 23.2 Å². The number of benzene rings is 2. The molecule has 3 rings (SSSR count). The molecule has 0 spiro atoms. The van der Waals surface area contributed by atoms with Gasteiger partial charge in [0.05, 0.1) is 42.2 Å². The third kappa shape index (κ3) is 6.83. The van der Waals surface area contributed by atoms with Crippen LogP contribution in [-0.4, -0.2) is 54.9 Å². The van der Waals surface area contributed by atoms with Crippen LogP contribution in [0.4, 0.5) is 8.78 Å². The fourth-order valence-electron chi connectivity index (χ4n) is 5.26. The van der Waals surface area contributed by atoms with Gasteiger partial charge in [0, 0.05) is 18.0 Å². The van der Waals surface area contributed by atoms with Gasteiger partial charge in [0.15, 0.2) is 0 Å². The van der Waals surface area contributed by atoms with E-state index >= 15 is 4.39 Å². The maximum absolute atomic E-state index is 15.6. The first-order valence-electron chi connectivity index (χ1n) is 12.6. The van der Waals surface area contributed by atoms with E-state index in [2.05, 4.69) is 16.7 Å². The third-order valence-corrected chi connectivity index (χ3v) is 7.54. The summed E-state index contributed by atoms with van der Waals surface area (Å²) in [6.07, 6.45) is 0.0750. The molecule has 0 amide bonds. The van der Waals surface area contributed by atoms with Gasteiger partial charge < -0.3 is 20.3 Å². The summed E-state index contributed by atoms with van der Waals surface area (Å²) in [5.41, 5.74) is -0.943. The molecule has 0 bridgehead atoms. The van der Waals surface area contributed by atoms with Crippen LogP contribution in [0.1, 0.15) is 50.7 Å². The molecule has 1 saturated heterocycles. The molecular formula is C28H35Cl2F2N3O3. The van der Waals surface area contributed by atoms with Crippen LogP contribution in [-0.2, 0) is 10.2 Å². The minimum Gasteiger partial charge on any atom is -0.394 e. The smallest absolute Gasteiger partial charge is 0.145 e. The summed E-state index contributed by atoms with van der Waals surface area (Å²) in [6.45, 7) is 6.49. The molecule has 0 saturated carbocycles. The van der Waals surface area contributed by atoms with E-state index < -0.39 is 41.2 Å². The molecule has 0 aromatic heterocycles. The molecule has 1 aliphatic heterocycles. The SMILES string of the molecule is CC(C)(C)C[C@@H]1N[C@@H](COCNCC[C@H](O)CO)[C@H](c2cccc(Cl)c2F)[C@@]1(C#N)c1ccc(Cl)c(F)c1. The first-order valence-corrected chi connectivity index (χ1v) is 13.3. The summed E-state index contributed by atoms with van der Waals surface area (Å²) in [5.74, 6) is -2.06. The van der Waals surface area contributed by atoms with Crippen molar-refractivity contribution in [3.63, 3.8) is 0 Å². The van der Waals surface area contributed by atoms with Gasteiger partial charge in [-0.05, 0) is 54.1 Å². The second-order valence-electron chi connectivity index (χ2n) is 11.0. The Morgan fingerprint density at radius 3 is 2.58 bits per heavy atom. The number of hydrogen-bond donors (Lipinski definition) is 4. The molecule has 1 aliphatic rings. The van der Waals surface area contributed by atoms with Crippen molar-refractivity contribution in [2.24, 2.45) is 5.41 Å². The van der Waals surface area contributed by atoms with Crippen LogP contribution in [0.3, 0.4) is 0 Å². The molecule has 6 nitrogen and oxygen atoms in total. The molecule has 4 N–H and O–H groups in total. The lowest BCUT2D eigenvalue weighted by atomic mass is 9.63. The van der Waals surface area contributed by atoms with Gasteiger partial charge in [-0.1, -0.05) is 62.2 Å². The van der Waals surface area contributed by atoms with Crippen LogP contribution < -0.4 is 10.6 Å². The van der Waals surface area contributed by atoms with Crippen molar-refractivity contribution in [1.29, 1.82) is 5.26 Å². The highest BCUT2D eigenvalue weighted by Crippen LogP contribution is 2.52. The first kappa shape index (κ1) is 30.7. The first-order chi connectivity index (χ1) is 17.9. The maximum Gasteiger partial charge on any atom is 0.145 e. The van der Waals surface area contributed by atoms with Crippen LogP contribution in [0.25, 0.3) is 0 Å². The summed E-state index contributed by atoms with van der Waals surface area (Å²) >= 11 is 12.2. The Balaban J connectivity index is 2.04. The molecule has 0 unspecified atom stereocenters. The van der Waals surface area contributed by atoms with Gasteiger partial charge in [0.2, 0.25) is 0 Å². The van der Waals surface area contributed by atoms with Crippen LogP contribution in [0, 0.1) is 28.4 Å². The Labute approximate surface area is 232 Å². The van der Waals surface area contributed by atoms with Crippen molar-refractivity contribution < 1.29 is 23.7 Å². The van der Waals surface area contributed by atoms with Crippen molar-refractivity contribution in [3.8, 4) is 6.07 Å². The van der Waals surface area contributed by atoms with Gasteiger partial charge in [-0.2, -0.15) is 5.26 Å². The lowest BCUT2D eigenvalue weighted by molar-refractivity contribution is 0.0737. The molecular weight excluding hydrogens is 535 g/mol. The largest absolute Gasteiger partial charge is 0.394 e.